The third kappa shape index (κ3) is 5.27. The summed E-state index contributed by atoms with van der Waals surface area (Å²) in [4.78, 5) is 4.59. The van der Waals surface area contributed by atoms with E-state index >= 15 is 0 Å². The normalized spacial score (nSPS) is 16.3. The molecule has 1 saturated heterocycles. The number of hydrogen-bond acceptors (Lipinski definition) is 5. The summed E-state index contributed by atoms with van der Waals surface area (Å²) >= 11 is 6.07. The van der Waals surface area contributed by atoms with Crippen molar-refractivity contribution in [3.05, 3.63) is 53.6 Å². The second-order valence-electron chi connectivity index (χ2n) is 6.41. The van der Waals surface area contributed by atoms with Crippen LogP contribution in [0.25, 0.3) is 0 Å². The number of β-amino-alcohol motifs (C(OH)–C–C–N with tert-alkyl or cyclic N) is 1. The highest BCUT2D eigenvalue weighted by Crippen LogP contribution is 2.21. The fourth-order valence-corrected chi connectivity index (χ4v) is 3.26. The maximum atomic E-state index is 10.3. The molecule has 1 aliphatic rings. The van der Waals surface area contributed by atoms with Gasteiger partial charge in [-0.3, -0.25) is 4.90 Å². The summed E-state index contributed by atoms with van der Waals surface area (Å²) in [6.07, 6.45) is -0.519. The van der Waals surface area contributed by atoms with Crippen molar-refractivity contribution in [2.75, 3.05) is 51.3 Å². The van der Waals surface area contributed by atoms with E-state index < -0.39 is 6.10 Å². The van der Waals surface area contributed by atoms with Crippen molar-refractivity contribution < 1.29 is 14.6 Å². The molecule has 0 bridgehead atoms. The maximum absolute atomic E-state index is 10.3. The van der Waals surface area contributed by atoms with E-state index in [0.717, 1.165) is 48.4 Å². The first kappa shape index (κ1) is 18.8. The van der Waals surface area contributed by atoms with Gasteiger partial charge in [0, 0.05) is 43.4 Å². The van der Waals surface area contributed by atoms with Crippen LogP contribution in [-0.2, 0) is 0 Å². The van der Waals surface area contributed by atoms with Gasteiger partial charge in [0.2, 0.25) is 0 Å². The average molecular weight is 377 g/mol. The van der Waals surface area contributed by atoms with E-state index in [2.05, 4.69) is 15.9 Å². The van der Waals surface area contributed by atoms with Gasteiger partial charge in [0.25, 0.3) is 0 Å². The number of halogens is 1. The Morgan fingerprint density at radius 1 is 1.04 bits per heavy atom. The van der Waals surface area contributed by atoms with E-state index in [4.69, 9.17) is 21.1 Å². The third-order valence-corrected chi connectivity index (χ3v) is 4.75. The van der Waals surface area contributed by atoms with E-state index in [-0.39, 0.29) is 6.61 Å². The summed E-state index contributed by atoms with van der Waals surface area (Å²) in [6, 6.07) is 15.3. The minimum atomic E-state index is -0.519. The Kier molecular flexibility index (Phi) is 6.61. The van der Waals surface area contributed by atoms with Gasteiger partial charge in [0.05, 0.1) is 7.11 Å². The molecule has 2 aromatic rings. The molecule has 1 aliphatic heterocycles. The molecule has 0 aliphatic carbocycles. The van der Waals surface area contributed by atoms with Crippen LogP contribution < -0.4 is 14.4 Å². The molecule has 0 saturated carbocycles. The number of nitrogens with zero attached hydrogens (tertiary/aromatic N) is 2. The topological polar surface area (TPSA) is 45.2 Å². The van der Waals surface area contributed by atoms with Gasteiger partial charge in [-0.1, -0.05) is 17.7 Å². The van der Waals surface area contributed by atoms with Crippen LogP contribution in [0.3, 0.4) is 0 Å². The molecule has 1 fully saturated rings. The molecule has 5 nitrogen and oxygen atoms in total. The first-order chi connectivity index (χ1) is 12.6. The van der Waals surface area contributed by atoms with Gasteiger partial charge in [-0.15, -0.1) is 0 Å². The van der Waals surface area contributed by atoms with Crippen LogP contribution in [0.15, 0.2) is 48.5 Å². The van der Waals surface area contributed by atoms with Crippen LogP contribution in [0.4, 0.5) is 5.69 Å². The standard InChI is InChI=1S/C20H25ClN2O3/c1-25-19-5-7-20(8-6-19)26-15-18(24)14-22-9-11-23(12-10-22)17-4-2-3-16(21)13-17/h2-8,13,18,24H,9-12,14-15H2,1H3/t18-/m0/s1. The molecule has 3 rings (SSSR count). The molecule has 0 amide bonds. The van der Waals surface area contributed by atoms with E-state index in [1.165, 1.54) is 0 Å². The summed E-state index contributed by atoms with van der Waals surface area (Å²) in [7, 11) is 1.63. The summed E-state index contributed by atoms with van der Waals surface area (Å²) in [5.74, 6) is 1.52. The van der Waals surface area contributed by atoms with Crippen LogP contribution in [-0.4, -0.2) is 62.6 Å². The van der Waals surface area contributed by atoms with Gasteiger partial charge >= 0.3 is 0 Å². The minimum Gasteiger partial charge on any atom is -0.497 e. The quantitative estimate of drug-likeness (QED) is 0.805. The maximum Gasteiger partial charge on any atom is 0.119 e. The van der Waals surface area contributed by atoms with Crippen LogP contribution in [0.5, 0.6) is 11.5 Å². The predicted molar refractivity (Wildman–Crippen MR) is 105 cm³/mol. The first-order valence-corrected chi connectivity index (χ1v) is 9.19. The van der Waals surface area contributed by atoms with Gasteiger partial charge in [-0.05, 0) is 42.5 Å². The van der Waals surface area contributed by atoms with Gasteiger partial charge < -0.3 is 19.5 Å². The zero-order chi connectivity index (χ0) is 18.4. The Balaban J connectivity index is 1.40. The molecular weight excluding hydrogens is 352 g/mol. The van der Waals surface area contributed by atoms with Crippen LogP contribution in [0, 0.1) is 0 Å². The molecule has 0 spiro atoms. The number of hydrogen-bond donors (Lipinski definition) is 1. The van der Waals surface area contributed by atoms with Crippen molar-refractivity contribution in [1.29, 1.82) is 0 Å². The SMILES string of the molecule is COc1ccc(OC[C@@H](O)CN2CCN(c3cccc(Cl)c3)CC2)cc1. The monoisotopic (exact) mass is 376 g/mol. The van der Waals surface area contributed by atoms with E-state index in [9.17, 15) is 5.11 Å². The number of rotatable bonds is 7. The largest absolute Gasteiger partial charge is 0.497 e. The Labute approximate surface area is 159 Å². The van der Waals surface area contributed by atoms with Crippen molar-refractivity contribution >= 4 is 17.3 Å². The zero-order valence-corrected chi connectivity index (χ0v) is 15.7. The van der Waals surface area contributed by atoms with Crippen molar-refractivity contribution in [3.8, 4) is 11.5 Å². The predicted octanol–water partition coefficient (Wildman–Crippen LogP) is 2.91. The van der Waals surface area contributed by atoms with Crippen LogP contribution in [0.2, 0.25) is 5.02 Å². The molecule has 140 valence electrons. The Morgan fingerprint density at radius 2 is 1.73 bits per heavy atom. The lowest BCUT2D eigenvalue weighted by Gasteiger charge is -2.36. The molecule has 1 atom stereocenters. The average Bonchev–Trinajstić information content (AvgIpc) is 2.67. The second kappa shape index (κ2) is 9.12. The summed E-state index contributed by atoms with van der Waals surface area (Å²) in [6.45, 7) is 4.55. The molecular formula is C20H25ClN2O3. The molecule has 0 aromatic heterocycles. The minimum absolute atomic E-state index is 0.279. The Morgan fingerprint density at radius 3 is 2.38 bits per heavy atom. The smallest absolute Gasteiger partial charge is 0.119 e. The van der Waals surface area contributed by atoms with Crippen molar-refractivity contribution in [3.63, 3.8) is 0 Å². The van der Waals surface area contributed by atoms with Crippen LogP contribution >= 0.6 is 11.6 Å². The van der Waals surface area contributed by atoms with Crippen LogP contribution in [0.1, 0.15) is 0 Å². The molecule has 0 radical (unpaired) electrons. The lowest BCUT2D eigenvalue weighted by molar-refractivity contribution is 0.0663. The summed E-state index contributed by atoms with van der Waals surface area (Å²) in [5.41, 5.74) is 1.15. The molecule has 0 unspecified atom stereocenters. The number of anilines is 1. The van der Waals surface area contributed by atoms with E-state index in [0.29, 0.717) is 6.54 Å². The molecule has 26 heavy (non-hydrogen) atoms. The van der Waals surface area contributed by atoms with Gasteiger partial charge in [-0.25, -0.2) is 0 Å². The molecule has 2 aromatic carbocycles. The summed E-state index contributed by atoms with van der Waals surface area (Å²) in [5, 5.41) is 11.0. The van der Waals surface area contributed by atoms with Gasteiger partial charge in [0.1, 0.15) is 24.2 Å². The number of methoxy groups -OCH3 is 1. The Bertz CT molecular complexity index is 688. The highest BCUT2D eigenvalue weighted by molar-refractivity contribution is 6.30. The van der Waals surface area contributed by atoms with Crippen molar-refractivity contribution in [2.24, 2.45) is 0 Å². The van der Waals surface area contributed by atoms with E-state index in [1.807, 2.05) is 42.5 Å². The van der Waals surface area contributed by atoms with Crippen molar-refractivity contribution in [2.45, 2.75) is 6.10 Å². The second-order valence-corrected chi connectivity index (χ2v) is 6.84. The first-order valence-electron chi connectivity index (χ1n) is 8.82. The fraction of sp³-hybridized carbons (Fsp3) is 0.400. The number of benzene rings is 2. The molecule has 1 heterocycles. The third-order valence-electron chi connectivity index (χ3n) is 4.52. The Hall–Kier alpha value is -1.95. The fourth-order valence-electron chi connectivity index (χ4n) is 3.08. The zero-order valence-electron chi connectivity index (χ0n) is 15.0. The van der Waals surface area contributed by atoms with E-state index in [1.54, 1.807) is 7.11 Å². The number of ether oxygens (including phenoxy) is 2. The number of aliphatic hydroxyl groups is 1. The van der Waals surface area contributed by atoms with Crippen molar-refractivity contribution in [1.82, 2.24) is 4.90 Å². The van der Waals surface area contributed by atoms with Gasteiger partial charge in [0.15, 0.2) is 0 Å². The van der Waals surface area contributed by atoms with Gasteiger partial charge in [-0.2, -0.15) is 0 Å². The number of aliphatic hydroxyl groups excluding tert-OH is 1. The number of piperazine rings is 1. The highest BCUT2D eigenvalue weighted by atomic mass is 35.5. The molecule has 1 N–H and O–H groups in total. The molecule has 6 heteroatoms. The highest BCUT2D eigenvalue weighted by Gasteiger charge is 2.20. The lowest BCUT2D eigenvalue weighted by atomic mass is 10.2. The lowest BCUT2D eigenvalue weighted by Crippen LogP contribution is -2.49. The summed E-state index contributed by atoms with van der Waals surface area (Å²) < 4.78 is 10.8.